The van der Waals surface area contributed by atoms with Crippen LogP contribution in [0.2, 0.25) is 0 Å². The number of carbonyl (C=O) groups is 2. The summed E-state index contributed by atoms with van der Waals surface area (Å²) in [6.45, 7) is 5.64. The van der Waals surface area contributed by atoms with E-state index in [4.69, 9.17) is 0 Å². The van der Waals surface area contributed by atoms with Crippen LogP contribution in [-0.2, 0) is 29.1 Å². The van der Waals surface area contributed by atoms with Crippen molar-refractivity contribution in [3.63, 3.8) is 0 Å². The number of hydrogen-bond acceptors (Lipinski definition) is 5. The zero-order valence-electron chi connectivity index (χ0n) is 20.7. The molecule has 10 nitrogen and oxygen atoms in total. The Labute approximate surface area is 207 Å². The standard InChI is InChI=1S/C26H30N6O4/c1-4-17(3)27-22(33)14-15-30-24(35)20-8-6-7-9-21(20)32-25(30)29-31(26(32)36)16-23(34)28-19-12-10-18(5-2)11-13-19/h6-13,17H,4-5,14-16H2,1-3H3,(H,27,33)(H,28,34)/t17-/m0/s1. The van der Waals surface area contributed by atoms with E-state index >= 15 is 0 Å². The number of carbonyl (C=O) groups excluding carboxylic acids is 2. The summed E-state index contributed by atoms with van der Waals surface area (Å²) in [7, 11) is 0. The molecule has 2 heterocycles. The molecule has 36 heavy (non-hydrogen) atoms. The molecule has 0 fully saturated rings. The summed E-state index contributed by atoms with van der Waals surface area (Å²) in [5.74, 6) is -0.533. The van der Waals surface area contributed by atoms with Crippen molar-refractivity contribution in [1.82, 2.24) is 24.1 Å². The van der Waals surface area contributed by atoms with E-state index in [9.17, 15) is 19.2 Å². The Bertz CT molecular complexity index is 1530. The zero-order valence-corrected chi connectivity index (χ0v) is 20.7. The highest BCUT2D eigenvalue weighted by atomic mass is 16.2. The van der Waals surface area contributed by atoms with E-state index in [2.05, 4.69) is 15.7 Å². The van der Waals surface area contributed by atoms with Gasteiger partial charge in [-0.05, 0) is 49.6 Å². The lowest BCUT2D eigenvalue weighted by atomic mass is 10.1. The molecule has 2 aromatic carbocycles. The van der Waals surface area contributed by atoms with Gasteiger partial charge in [-0.15, -0.1) is 5.10 Å². The number of aromatic nitrogens is 4. The van der Waals surface area contributed by atoms with Crippen LogP contribution >= 0.6 is 0 Å². The molecule has 0 aliphatic heterocycles. The van der Waals surface area contributed by atoms with Gasteiger partial charge in [-0.2, -0.15) is 0 Å². The number of nitrogens with one attached hydrogen (secondary N) is 2. The monoisotopic (exact) mass is 490 g/mol. The lowest BCUT2D eigenvalue weighted by Crippen LogP contribution is -2.34. The van der Waals surface area contributed by atoms with E-state index in [0.29, 0.717) is 16.6 Å². The maximum Gasteiger partial charge on any atom is 0.352 e. The van der Waals surface area contributed by atoms with Crippen LogP contribution in [0.15, 0.2) is 58.1 Å². The van der Waals surface area contributed by atoms with Crippen LogP contribution in [0.4, 0.5) is 5.69 Å². The number of rotatable bonds is 9. The van der Waals surface area contributed by atoms with Gasteiger partial charge in [0.05, 0.1) is 10.9 Å². The van der Waals surface area contributed by atoms with Gasteiger partial charge in [-0.3, -0.25) is 19.0 Å². The first-order valence-corrected chi connectivity index (χ1v) is 12.1. The zero-order chi connectivity index (χ0) is 25.8. The minimum absolute atomic E-state index is 0.0179. The fraction of sp³-hybridized carbons (Fsp3) is 0.346. The summed E-state index contributed by atoms with van der Waals surface area (Å²) >= 11 is 0. The summed E-state index contributed by atoms with van der Waals surface area (Å²) in [6.07, 6.45) is 1.73. The minimum atomic E-state index is -0.546. The lowest BCUT2D eigenvalue weighted by Gasteiger charge is -2.12. The molecular formula is C26H30N6O4. The number of amides is 2. The molecule has 0 bridgehead atoms. The third-order valence-corrected chi connectivity index (χ3v) is 6.21. The molecule has 0 saturated carbocycles. The van der Waals surface area contributed by atoms with Crippen LogP contribution in [0.1, 0.15) is 39.2 Å². The first-order valence-electron chi connectivity index (χ1n) is 12.1. The maximum atomic E-state index is 13.3. The van der Waals surface area contributed by atoms with Crippen LogP contribution in [-0.4, -0.2) is 36.6 Å². The third-order valence-electron chi connectivity index (χ3n) is 6.21. The number of para-hydroxylation sites is 1. The van der Waals surface area contributed by atoms with Crippen molar-refractivity contribution in [3.8, 4) is 0 Å². The third kappa shape index (κ3) is 5.07. The highest BCUT2D eigenvalue weighted by Crippen LogP contribution is 2.12. The van der Waals surface area contributed by atoms with Gasteiger partial charge in [0.2, 0.25) is 17.6 Å². The first-order chi connectivity index (χ1) is 17.3. The number of hydrogen-bond donors (Lipinski definition) is 2. The van der Waals surface area contributed by atoms with Crippen molar-refractivity contribution in [1.29, 1.82) is 0 Å². The van der Waals surface area contributed by atoms with E-state index < -0.39 is 11.6 Å². The highest BCUT2D eigenvalue weighted by molar-refractivity contribution is 5.90. The van der Waals surface area contributed by atoms with E-state index in [1.54, 1.807) is 36.4 Å². The molecule has 2 aromatic heterocycles. The van der Waals surface area contributed by atoms with Gasteiger partial charge in [0.15, 0.2) is 0 Å². The molecular weight excluding hydrogens is 460 g/mol. The Morgan fingerprint density at radius 3 is 2.42 bits per heavy atom. The van der Waals surface area contributed by atoms with Crippen molar-refractivity contribution in [2.24, 2.45) is 0 Å². The van der Waals surface area contributed by atoms with Crippen molar-refractivity contribution in [3.05, 3.63) is 74.9 Å². The molecule has 188 valence electrons. The molecule has 0 saturated heterocycles. The molecule has 0 unspecified atom stereocenters. The number of nitrogens with zero attached hydrogens (tertiary/aromatic N) is 4. The second-order valence-corrected chi connectivity index (χ2v) is 8.78. The second-order valence-electron chi connectivity index (χ2n) is 8.78. The largest absolute Gasteiger partial charge is 0.354 e. The van der Waals surface area contributed by atoms with Gasteiger partial charge in [0.1, 0.15) is 6.54 Å². The molecule has 1 atom stereocenters. The number of fused-ring (bicyclic) bond motifs is 3. The van der Waals surface area contributed by atoms with E-state index in [1.165, 1.54) is 8.97 Å². The topological polar surface area (TPSA) is 120 Å². The Morgan fingerprint density at radius 2 is 1.72 bits per heavy atom. The van der Waals surface area contributed by atoms with Crippen molar-refractivity contribution in [2.75, 3.05) is 5.32 Å². The predicted octanol–water partition coefficient (Wildman–Crippen LogP) is 2.32. The Hall–Kier alpha value is -4.21. The van der Waals surface area contributed by atoms with E-state index in [1.807, 2.05) is 32.9 Å². The van der Waals surface area contributed by atoms with Crippen LogP contribution < -0.4 is 21.9 Å². The molecule has 10 heteroatoms. The molecule has 0 radical (unpaired) electrons. The Morgan fingerprint density at radius 1 is 1.00 bits per heavy atom. The van der Waals surface area contributed by atoms with Crippen LogP contribution in [0.25, 0.3) is 16.7 Å². The summed E-state index contributed by atoms with van der Waals surface area (Å²) in [6, 6.07) is 14.2. The van der Waals surface area contributed by atoms with Crippen LogP contribution in [0.5, 0.6) is 0 Å². The molecule has 0 aliphatic rings. The average Bonchev–Trinajstić information content (AvgIpc) is 3.19. The van der Waals surface area contributed by atoms with Crippen molar-refractivity contribution in [2.45, 2.75) is 59.2 Å². The average molecular weight is 491 g/mol. The summed E-state index contributed by atoms with van der Waals surface area (Å²) < 4.78 is 3.66. The van der Waals surface area contributed by atoms with Gasteiger partial charge >= 0.3 is 5.69 Å². The molecule has 4 rings (SSSR count). The second kappa shape index (κ2) is 10.6. The van der Waals surface area contributed by atoms with Gasteiger partial charge in [0, 0.05) is 24.7 Å². The highest BCUT2D eigenvalue weighted by Gasteiger charge is 2.19. The predicted molar refractivity (Wildman–Crippen MR) is 138 cm³/mol. The fourth-order valence-corrected chi connectivity index (χ4v) is 3.99. The van der Waals surface area contributed by atoms with Crippen LogP contribution in [0.3, 0.4) is 0 Å². The molecule has 0 spiro atoms. The molecule has 2 amide bonds. The molecule has 0 aliphatic carbocycles. The normalized spacial score (nSPS) is 12.1. The summed E-state index contributed by atoms with van der Waals surface area (Å²) in [5, 5.41) is 10.3. The SMILES string of the molecule is CCc1ccc(NC(=O)Cn2nc3n(CCC(=O)N[C@@H](C)CC)c(=O)c4ccccc4n3c2=O)cc1. The van der Waals surface area contributed by atoms with Crippen molar-refractivity contribution < 1.29 is 9.59 Å². The van der Waals surface area contributed by atoms with Crippen molar-refractivity contribution >= 4 is 34.2 Å². The number of aryl methyl sites for hydroxylation is 2. The smallest absolute Gasteiger partial charge is 0.352 e. The maximum absolute atomic E-state index is 13.3. The Kier molecular flexibility index (Phi) is 7.33. The Balaban J connectivity index is 1.68. The molecule has 2 N–H and O–H groups in total. The number of anilines is 1. The van der Waals surface area contributed by atoms with Gasteiger partial charge < -0.3 is 10.6 Å². The lowest BCUT2D eigenvalue weighted by molar-refractivity contribution is -0.122. The van der Waals surface area contributed by atoms with E-state index in [0.717, 1.165) is 23.1 Å². The van der Waals surface area contributed by atoms with E-state index in [-0.39, 0.29) is 42.8 Å². The van der Waals surface area contributed by atoms with Gasteiger partial charge in [-0.25, -0.2) is 13.9 Å². The first kappa shape index (κ1) is 24.9. The van der Waals surface area contributed by atoms with Gasteiger partial charge in [0.25, 0.3) is 5.56 Å². The summed E-state index contributed by atoms with van der Waals surface area (Å²) in [4.78, 5) is 51.6. The molecule has 4 aromatic rings. The number of benzene rings is 2. The van der Waals surface area contributed by atoms with Crippen LogP contribution in [0, 0.1) is 0 Å². The quantitative estimate of drug-likeness (QED) is 0.373. The minimum Gasteiger partial charge on any atom is -0.354 e. The summed E-state index contributed by atoms with van der Waals surface area (Å²) in [5.41, 5.74) is 1.25. The van der Waals surface area contributed by atoms with Gasteiger partial charge in [-0.1, -0.05) is 38.1 Å². The fourth-order valence-electron chi connectivity index (χ4n) is 3.99.